The number of ether oxygens (including phenoxy) is 1. The molecule has 0 atom stereocenters. The van der Waals surface area contributed by atoms with Gasteiger partial charge in [-0.05, 0) is 36.8 Å². The largest absolute Gasteiger partial charge is 0.494 e. The summed E-state index contributed by atoms with van der Waals surface area (Å²) in [6.45, 7) is 2.58. The van der Waals surface area contributed by atoms with Gasteiger partial charge in [0.1, 0.15) is 5.75 Å². The lowest BCUT2D eigenvalue weighted by Gasteiger charge is -2.06. The molecule has 4 nitrogen and oxygen atoms in total. The average molecular weight is 280 g/mol. The minimum absolute atomic E-state index is 0.0767. The zero-order valence-corrected chi connectivity index (χ0v) is 11.5. The third kappa shape index (κ3) is 3.08. The minimum Gasteiger partial charge on any atom is -0.494 e. The Morgan fingerprint density at radius 3 is 2.78 bits per heavy atom. The lowest BCUT2D eigenvalue weighted by molar-refractivity contribution is -0.123. The second-order valence-corrected chi connectivity index (χ2v) is 5.12. The van der Waals surface area contributed by atoms with Crippen molar-refractivity contribution in [3.63, 3.8) is 0 Å². The molecule has 0 aliphatic carbocycles. The number of benzene rings is 1. The Hall–Kier alpha value is -1.40. The molecule has 0 unspecified atom stereocenters. The first-order valence-corrected chi connectivity index (χ1v) is 6.86. The third-order valence-electron chi connectivity index (χ3n) is 2.24. The number of carbonyl (C=O) groups excluding carboxylic acids is 1. The quantitative estimate of drug-likeness (QED) is 0.627. The van der Waals surface area contributed by atoms with Crippen LogP contribution in [-0.2, 0) is 4.79 Å². The molecule has 2 rings (SSSR count). The Morgan fingerprint density at radius 2 is 2.22 bits per heavy atom. The van der Waals surface area contributed by atoms with Gasteiger partial charge in [0.15, 0.2) is 4.32 Å². The van der Waals surface area contributed by atoms with Crippen molar-refractivity contribution < 1.29 is 9.53 Å². The first kappa shape index (κ1) is 13.0. The van der Waals surface area contributed by atoms with E-state index in [1.54, 1.807) is 6.21 Å². The fraction of sp³-hybridized carbons (Fsp3) is 0.250. The summed E-state index contributed by atoms with van der Waals surface area (Å²) >= 11 is 6.35. The zero-order valence-electron chi connectivity index (χ0n) is 9.83. The van der Waals surface area contributed by atoms with Crippen LogP contribution in [0.1, 0.15) is 12.5 Å². The molecule has 1 amide bonds. The van der Waals surface area contributed by atoms with Crippen LogP contribution >= 0.6 is 24.0 Å². The number of carbonyl (C=O) groups is 1. The SMILES string of the molecule is CCOc1ccc(/C=N\N2C(=O)CSC2=S)cc1. The van der Waals surface area contributed by atoms with Crippen molar-refractivity contribution in [3.8, 4) is 5.75 Å². The third-order valence-corrected chi connectivity index (χ3v) is 3.58. The van der Waals surface area contributed by atoms with E-state index in [-0.39, 0.29) is 5.91 Å². The molecule has 1 aromatic rings. The highest BCUT2D eigenvalue weighted by molar-refractivity contribution is 8.23. The molecule has 18 heavy (non-hydrogen) atoms. The molecule has 1 aliphatic heterocycles. The molecule has 1 aromatic carbocycles. The number of hydrogen-bond donors (Lipinski definition) is 0. The highest BCUT2D eigenvalue weighted by atomic mass is 32.2. The summed E-state index contributed by atoms with van der Waals surface area (Å²) in [7, 11) is 0. The summed E-state index contributed by atoms with van der Waals surface area (Å²) in [5.41, 5.74) is 0.894. The molecule has 1 aliphatic rings. The highest BCUT2D eigenvalue weighted by Crippen LogP contribution is 2.19. The first-order chi connectivity index (χ1) is 8.70. The summed E-state index contributed by atoms with van der Waals surface area (Å²) in [6.07, 6.45) is 1.62. The van der Waals surface area contributed by atoms with E-state index in [9.17, 15) is 4.79 Å². The number of rotatable bonds is 4. The van der Waals surface area contributed by atoms with Crippen molar-refractivity contribution in [3.05, 3.63) is 29.8 Å². The maximum atomic E-state index is 11.4. The van der Waals surface area contributed by atoms with E-state index in [4.69, 9.17) is 17.0 Å². The summed E-state index contributed by atoms with van der Waals surface area (Å²) in [5, 5.41) is 5.35. The standard InChI is InChI=1S/C12H12N2O2S2/c1-2-16-10-5-3-9(4-6-10)7-13-14-11(15)8-18-12(14)17/h3-7H,2,8H2,1H3/b13-7-. The van der Waals surface area contributed by atoms with Crippen LogP contribution in [0.5, 0.6) is 5.75 Å². The molecule has 1 fully saturated rings. The molecular formula is C12H12N2O2S2. The second kappa shape index (κ2) is 5.97. The second-order valence-electron chi connectivity index (χ2n) is 3.51. The number of hydrogen-bond acceptors (Lipinski definition) is 5. The van der Waals surface area contributed by atoms with Gasteiger partial charge in [0.25, 0.3) is 5.91 Å². The molecule has 0 saturated carbocycles. The van der Waals surface area contributed by atoms with Crippen LogP contribution in [0, 0.1) is 0 Å². The zero-order chi connectivity index (χ0) is 13.0. The molecular weight excluding hydrogens is 268 g/mol. The average Bonchev–Trinajstić information content (AvgIpc) is 2.69. The highest BCUT2D eigenvalue weighted by Gasteiger charge is 2.25. The predicted octanol–water partition coefficient (Wildman–Crippen LogP) is 2.28. The van der Waals surface area contributed by atoms with Crippen LogP contribution in [-0.4, -0.2) is 33.8 Å². The Labute approximate surface area is 115 Å². The number of nitrogens with zero attached hydrogens (tertiary/aromatic N) is 2. The number of thiocarbonyl (C=S) groups is 1. The molecule has 1 heterocycles. The van der Waals surface area contributed by atoms with Crippen molar-refractivity contribution in [2.45, 2.75) is 6.92 Å². The summed E-state index contributed by atoms with van der Waals surface area (Å²) in [6, 6.07) is 7.49. The Kier molecular flexibility index (Phi) is 4.33. The molecule has 0 N–H and O–H groups in total. The minimum atomic E-state index is -0.0767. The van der Waals surface area contributed by atoms with E-state index in [1.165, 1.54) is 16.8 Å². The molecule has 1 saturated heterocycles. The van der Waals surface area contributed by atoms with Crippen molar-refractivity contribution in [1.29, 1.82) is 0 Å². The monoisotopic (exact) mass is 280 g/mol. The van der Waals surface area contributed by atoms with Gasteiger partial charge in [0.2, 0.25) is 0 Å². The summed E-state index contributed by atoms with van der Waals surface area (Å²) in [4.78, 5) is 11.4. The van der Waals surface area contributed by atoms with Gasteiger partial charge in [-0.1, -0.05) is 24.0 Å². The van der Waals surface area contributed by atoms with Gasteiger partial charge in [-0.15, -0.1) is 0 Å². The van der Waals surface area contributed by atoms with E-state index in [0.29, 0.717) is 16.7 Å². The van der Waals surface area contributed by atoms with Gasteiger partial charge in [-0.3, -0.25) is 4.79 Å². The van der Waals surface area contributed by atoms with Crippen LogP contribution in [0.3, 0.4) is 0 Å². The summed E-state index contributed by atoms with van der Waals surface area (Å²) in [5.74, 6) is 1.12. The molecule has 0 radical (unpaired) electrons. The number of amides is 1. The van der Waals surface area contributed by atoms with Gasteiger partial charge in [-0.2, -0.15) is 10.1 Å². The maximum Gasteiger partial charge on any atom is 0.259 e. The molecule has 6 heteroatoms. The molecule has 0 bridgehead atoms. The lowest BCUT2D eigenvalue weighted by Crippen LogP contribution is -2.22. The van der Waals surface area contributed by atoms with Crippen molar-refractivity contribution >= 4 is 40.4 Å². The Bertz CT molecular complexity index is 469. The van der Waals surface area contributed by atoms with Crippen LogP contribution in [0.15, 0.2) is 29.4 Å². The maximum absolute atomic E-state index is 11.4. The van der Waals surface area contributed by atoms with Gasteiger partial charge in [0, 0.05) is 0 Å². The lowest BCUT2D eigenvalue weighted by atomic mass is 10.2. The normalized spacial score (nSPS) is 15.7. The smallest absolute Gasteiger partial charge is 0.259 e. The van der Waals surface area contributed by atoms with Gasteiger partial charge in [-0.25, -0.2) is 0 Å². The van der Waals surface area contributed by atoms with Gasteiger partial charge >= 0.3 is 0 Å². The first-order valence-electron chi connectivity index (χ1n) is 5.47. The van der Waals surface area contributed by atoms with Gasteiger partial charge < -0.3 is 4.74 Å². The molecule has 0 spiro atoms. The Morgan fingerprint density at radius 1 is 1.50 bits per heavy atom. The van der Waals surface area contributed by atoms with E-state index >= 15 is 0 Å². The van der Waals surface area contributed by atoms with E-state index in [1.807, 2.05) is 31.2 Å². The van der Waals surface area contributed by atoms with Crippen LogP contribution < -0.4 is 4.74 Å². The number of thioether (sulfide) groups is 1. The van der Waals surface area contributed by atoms with Crippen molar-refractivity contribution in [2.75, 3.05) is 12.4 Å². The topological polar surface area (TPSA) is 41.9 Å². The van der Waals surface area contributed by atoms with E-state index < -0.39 is 0 Å². The fourth-order valence-corrected chi connectivity index (χ4v) is 2.37. The van der Waals surface area contributed by atoms with E-state index in [2.05, 4.69) is 5.10 Å². The van der Waals surface area contributed by atoms with Crippen LogP contribution in [0.4, 0.5) is 0 Å². The van der Waals surface area contributed by atoms with Crippen molar-refractivity contribution in [2.24, 2.45) is 5.10 Å². The number of hydrazone groups is 1. The van der Waals surface area contributed by atoms with Crippen molar-refractivity contribution in [1.82, 2.24) is 5.01 Å². The fourth-order valence-electron chi connectivity index (χ4n) is 1.40. The van der Waals surface area contributed by atoms with E-state index in [0.717, 1.165) is 11.3 Å². The molecule has 94 valence electrons. The Balaban J connectivity index is 2.04. The summed E-state index contributed by atoms with van der Waals surface area (Å²) < 4.78 is 5.84. The predicted molar refractivity (Wildman–Crippen MR) is 77.1 cm³/mol. The van der Waals surface area contributed by atoms with Crippen LogP contribution in [0.2, 0.25) is 0 Å². The van der Waals surface area contributed by atoms with Crippen LogP contribution in [0.25, 0.3) is 0 Å². The molecule has 0 aromatic heterocycles. The van der Waals surface area contributed by atoms with Gasteiger partial charge in [0.05, 0.1) is 18.6 Å².